The number of nitro groups is 1. The van der Waals surface area contributed by atoms with Crippen LogP contribution in [0.3, 0.4) is 0 Å². The van der Waals surface area contributed by atoms with Crippen LogP contribution in [0.25, 0.3) is 0 Å². The van der Waals surface area contributed by atoms with Gasteiger partial charge in [0.1, 0.15) is 5.92 Å². The molecule has 0 aromatic heterocycles. The molecule has 3 unspecified atom stereocenters. The highest BCUT2D eigenvalue weighted by Crippen LogP contribution is 2.44. The topological polar surface area (TPSA) is 131 Å². The van der Waals surface area contributed by atoms with Gasteiger partial charge in [0.2, 0.25) is 0 Å². The predicted molar refractivity (Wildman–Crippen MR) is 78.6 cm³/mol. The number of carbonyl (C=O) groups excluding carboxylic acids is 2. The average molecular weight is 377 g/mol. The summed E-state index contributed by atoms with van der Waals surface area (Å²) in [7, 11) is 0. The largest absolute Gasteiger partial charge is 0.466 e. The fraction of sp³-hybridized carbons (Fsp3) is 0.429. The molecule has 1 heterocycles. The second-order valence-electron chi connectivity index (χ2n) is 5.39. The van der Waals surface area contributed by atoms with E-state index < -0.39 is 46.5 Å². The van der Waals surface area contributed by atoms with E-state index in [0.29, 0.717) is 0 Å². The zero-order chi connectivity index (χ0) is 19.7. The van der Waals surface area contributed by atoms with Gasteiger partial charge in [-0.05, 0) is 6.92 Å². The summed E-state index contributed by atoms with van der Waals surface area (Å²) in [5.74, 6) is -3.90. The number of aliphatic hydroxyl groups is 1. The molecule has 1 saturated heterocycles. The van der Waals surface area contributed by atoms with Crippen LogP contribution in [-0.2, 0) is 9.53 Å². The first-order valence-electron chi connectivity index (χ1n) is 7.30. The predicted octanol–water partition coefficient (Wildman–Crippen LogP) is 1.38. The van der Waals surface area contributed by atoms with Crippen LogP contribution in [0.5, 0.6) is 0 Å². The Morgan fingerprint density at radius 1 is 1.42 bits per heavy atom. The molecule has 0 spiro atoms. The molecule has 26 heavy (non-hydrogen) atoms. The van der Waals surface area contributed by atoms with E-state index in [1.807, 2.05) is 5.32 Å². The molecule has 142 valence electrons. The van der Waals surface area contributed by atoms with Gasteiger partial charge in [-0.2, -0.15) is 13.2 Å². The van der Waals surface area contributed by atoms with Gasteiger partial charge in [0.25, 0.3) is 11.4 Å². The molecular formula is C14H14F3N3O6. The fourth-order valence-electron chi connectivity index (χ4n) is 2.71. The number of rotatable bonds is 4. The molecule has 2 rings (SSSR count). The van der Waals surface area contributed by atoms with Crippen LogP contribution < -0.4 is 10.6 Å². The summed E-state index contributed by atoms with van der Waals surface area (Å²) >= 11 is 0. The van der Waals surface area contributed by atoms with Crippen molar-refractivity contribution in [1.29, 1.82) is 0 Å². The van der Waals surface area contributed by atoms with E-state index in [1.54, 1.807) is 0 Å². The Labute approximate surface area is 144 Å². The minimum absolute atomic E-state index is 0.305. The minimum atomic E-state index is -5.45. The third-order valence-corrected chi connectivity index (χ3v) is 3.82. The van der Waals surface area contributed by atoms with Gasteiger partial charge < -0.3 is 20.5 Å². The number of benzene rings is 1. The molecule has 1 aromatic rings. The number of hydrogen-bond acceptors (Lipinski definition) is 6. The average Bonchev–Trinajstić information content (AvgIpc) is 2.53. The summed E-state index contributed by atoms with van der Waals surface area (Å²) < 4.78 is 45.0. The lowest BCUT2D eigenvalue weighted by atomic mass is 9.81. The van der Waals surface area contributed by atoms with Crippen LogP contribution in [0.4, 0.5) is 23.7 Å². The molecule has 0 saturated carbocycles. The number of halogens is 3. The highest BCUT2D eigenvalue weighted by molar-refractivity contribution is 5.83. The van der Waals surface area contributed by atoms with Gasteiger partial charge in [-0.25, -0.2) is 4.79 Å². The van der Waals surface area contributed by atoms with Gasteiger partial charge in [0.05, 0.1) is 23.1 Å². The first-order chi connectivity index (χ1) is 12.0. The zero-order valence-corrected chi connectivity index (χ0v) is 13.2. The number of ether oxygens (including phenoxy) is 1. The molecular weight excluding hydrogens is 363 g/mol. The van der Waals surface area contributed by atoms with Gasteiger partial charge in [0, 0.05) is 6.07 Å². The number of hydrogen-bond donors (Lipinski definition) is 3. The number of nitrogens with zero attached hydrogens (tertiary/aromatic N) is 1. The van der Waals surface area contributed by atoms with Gasteiger partial charge in [-0.3, -0.25) is 14.9 Å². The van der Waals surface area contributed by atoms with Crippen LogP contribution in [0.1, 0.15) is 18.5 Å². The molecule has 2 amide bonds. The summed E-state index contributed by atoms with van der Waals surface area (Å²) in [6.07, 6.45) is -5.45. The molecule has 1 aromatic carbocycles. The van der Waals surface area contributed by atoms with Crippen LogP contribution in [0, 0.1) is 16.0 Å². The number of para-hydroxylation sites is 1. The third kappa shape index (κ3) is 3.27. The van der Waals surface area contributed by atoms with Crippen molar-refractivity contribution in [2.75, 3.05) is 6.61 Å². The van der Waals surface area contributed by atoms with E-state index in [9.17, 15) is 38.0 Å². The fourth-order valence-corrected chi connectivity index (χ4v) is 2.71. The Morgan fingerprint density at radius 3 is 2.58 bits per heavy atom. The minimum Gasteiger partial charge on any atom is -0.466 e. The summed E-state index contributed by atoms with van der Waals surface area (Å²) in [4.78, 5) is 34.2. The van der Waals surface area contributed by atoms with Crippen LogP contribution in [0.2, 0.25) is 0 Å². The van der Waals surface area contributed by atoms with Crippen LogP contribution >= 0.6 is 0 Å². The van der Waals surface area contributed by atoms with E-state index in [2.05, 4.69) is 4.74 Å². The summed E-state index contributed by atoms with van der Waals surface area (Å²) in [6, 6.07) is 1.32. The van der Waals surface area contributed by atoms with Gasteiger partial charge in [-0.1, -0.05) is 18.2 Å². The standard InChI is InChI=1S/C14H14F3N3O6/c1-2-26-11(21)9-10(7-5-3-4-6-8(7)20(24)25)18-12(22)19-13(9,23)14(15,16)17/h3-6,9-10,23H,2H2,1H3,(H2,18,19,22). The van der Waals surface area contributed by atoms with Crippen LogP contribution in [0.15, 0.2) is 24.3 Å². The molecule has 1 aliphatic rings. The Morgan fingerprint density at radius 2 is 2.04 bits per heavy atom. The second-order valence-corrected chi connectivity index (χ2v) is 5.39. The maximum atomic E-state index is 13.5. The van der Waals surface area contributed by atoms with Gasteiger partial charge >= 0.3 is 18.2 Å². The van der Waals surface area contributed by atoms with E-state index >= 15 is 0 Å². The normalized spacial score (nSPS) is 25.8. The van der Waals surface area contributed by atoms with Crippen molar-refractivity contribution in [3.63, 3.8) is 0 Å². The van der Waals surface area contributed by atoms with E-state index in [4.69, 9.17) is 0 Å². The van der Waals surface area contributed by atoms with Crippen molar-refractivity contribution in [2.45, 2.75) is 24.9 Å². The molecule has 3 N–H and O–H groups in total. The molecule has 0 bridgehead atoms. The molecule has 0 radical (unpaired) electrons. The third-order valence-electron chi connectivity index (χ3n) is 3.82. The van der Waals surface area contributed by atoms with Crippen molar-refractivity contribution in [2.24, 2.45) is 5.92 Å². The van der Waals surface area contributed by atoms with Gasteiger partial charge in [0.15, 0.2) is 0 Å². The van der Waals surface area contributed by atoms with Crippen LogP contribution in [-0.4, -0.2) is 40.5 Å². The molecule has 12 heteroatoms. The maximum absolute atomic E-state index is 13.5. The highest BCUT2D eigenvalue weighted by Gasteiger charge is 2.67. The number of carbonyl (C=O) groups is 2. The summed E-state index contributed by atoms with van der Waals surface area (Å²) in [6.45, 7) is 1.03. The van der Waals surface area contributed by atoms with Crippen molar-refractivity contribution < 1.29 is 37.5 Å². The molecule has 1 fully saturated rings. The lowest BCUT2D eigenvalue weighted by Gasteiger charge is -2.44. The van der Waals surface area contributed by atoms with Crippen molar-refractivity contribution in [3.05, 3.63) is 39.9 Å². The first-order valence-corrected chi connectivity index (χ1v) is 7.30. The number of amides is 2. The molecule has 3 atom stereocenters. The number of alkyl halides is 3. The summed E-state index contributed by atoms with van der Waals surface area (Å²) in [5, 5.41) is 24.6. The van der Waals surface area contributed by atoms with Gasteiger partial charge in [-0.15, -0.1) is 0 Å². The van der Waals surface area contributed by atoms with Crippen molar-refractivity contribution >= 4 is 17.7 Å². The highest BCUT2D eigenvalue weighted by atomic mass is 19.4. The lowest BCUT2D eigenvalue weighted by molar-refractivity contribution is -0.386. The smallest absolute Gasteiger partial charge is 0.437 e. The quantitative estimate of drug-likeness (QED) is 0.413. The number of nitrogens with one attached hydrogen (secondary N) is 2. The number of esters is 1. The second kappa shape index (κ2) is 6.78. The monoisotopic (exact) mass is 377 g/mol. The Bertz CT molecular complexity index is 741. The van der Waals surface area contributed by atoms with Crippen molar-refractivity contribution in [3.8, 4) is 0 Å². The molecule has 0 aliphatic carbocycles. The molecule has 9 nitrogen and oxygen atoms in total. The number of nitro benzene ring substituents is 1. The SMILES string of the molecule is CCOC(=O)C1C(c2ccccc2[N+](=O)[O-])NC(=O)NC1(O)C(F)(F)F. The van der Waals surface area contributed by atoms with E-state index in [0.717, 1.165) is 12.1 Å². The summed E-state index contributed by atoms with van der Waals surface area (Å²) in [5.41, 5.74) is -4.98. The Hall–Kier alpha value is -2.89. The Balaban J connectivity index is 2.67. The first kappa shape index (κ1) is 19.4. The molecule has 1 aliphatic heterocycles. The zero-order valence-electron chi connectivity index (χ0n) is 13.2. The van der Waals surface area contributed by atoms with E-state index in [-0.39, 0.29) is 12.2 Å². The Kier molecular flexibility index (Phi) is 5.07. The van der Waals surface area contributed by atoms with E-state index in [1.165, 1.54) is 24.4 Å². The number of urea groups is 1. The maximum Gasteiger partial charge on any atom is 0.437 e. The van der Waals surface area contributed by atoms with Crippen molar-refractivity contribution in [1.82, 2.24) is 10.6 Å². The lowest BCUT2D eigenvalue weighted by Crippen LogP contribution is -2.73.